The Morgan fingerprint density at radius 2 is 1.87 bits per heavy atom. The molecule has 1 unspecified atom stereocenters. The van der Waals surface area contributed by atoms with Crippen LogP contribution in [0.15, 0.2) is 30.3 Å². The average molecular weight is 309 g/mol. The van der Waals surface area contributed by atoms with Gasteiger partial charge in [-0.05, 0) is 36.2 Å². The van der Waals surface area contributed by atoms with Crippen LogP contribution >= 0.6 is 0 Å². The number of carbonyl (C=O) groups is 1. The topological polar surface area (TPSA) is 38.8 Å². The molecule has 1 heterocycles. The van der Waals surface area contributed by atoms with Gasteiger partial charge >= 0.3 is 0 Å². The van der Waals surface area contributed by atoms with E-state index in [1.165, 1.54) is 5.56 Å². The van der Waals surface area contributed by atoms with E-state index in [0.29, 0.717) is 5.75 Å². The molecule has 1 aliphatic heterocycles. The van der Waals surface area contributed by atoms with Crippen molar-refractivity contribution in [2.24, 2.45) is 0 Å². The van der Waals surface area contributed by atoms with Crippen molar-refractivity contribution in [3.63, 3.8) is 0 Å². The second kappa shape index (κ2) is 5.10. The van der Waals surface area contributed by atoms with Crippen molar-refractivity contribution in [2.45, 2.75) is 12.5 Å². The van der Waals surface area contributed by atoms with E-state index >= 15 is 0 Å². The van der Waals surface area contributed by atoms with Gasteiger partial charge in [-0.15, -0.1) is 0 Å². The normalized spacial score (nSPS) is 19.1. The summed E-state index contributed by atoms with van der Waals surface area (Å²) in [6, 6.07) is 9.57. The van der Waals surface area contributed by atoms with Crippen LogP contribution < -0.4 is 9.47 Å². The second-order valence-electron chi connectivity index (χ2n) is 6.10. The Hall–Kier alpha value is -2.33. The van der Waals surface area contributed by atoms with Crippen molar-refractivity contribution in [2.75, 3.05) is 27.8 Å². The second-order valence-corrected chi connectivity index (χ2v) is 6.10. The monoisotopic (exact) mass is 309 g/mol. The summed E-state index contributed by atoms with van der Waals surface area (Å²) in [4.78, 5) is 15.2. The van der Waals surface area contributed by atoms with Gasteiger partial charge < -0.3 is 9.47 Å². The van der Waals surface area contributed by atoms with Crippen molar-refractivity contribution in [3.8, 4) is 22.6 Å². The van der Waals surface area contributed by atoms with Crippen molar-refractivity contribution in [3.05, 3.63) is 47.0 Å². The van der Waals surface area contributed by atoms with Crippen molar-refractivity contribution in [1.82, 2.24) is 4.90 Å². The first-order chi connectivity index (χ1) is 11.2. The van der Waals surface area contributed by atoms with Crippen LogP contribution in [-0.2, 0) is 6.42 Å². The van der Waals surface area contributed by atoms with E-state index in [-0.39, 0.29) is 11.8 Å². The number of rotatable bonds is 2. The van der Waals surface area contributed by atoms with Gasteiger partial charge in [0.15, 0.2) is 17.3 Å². The highest BCUT2D eigenvalue weighted by molar-refractivity contribution is 6.11. The van der Waals surface area contributed by atoms with Crippen LogP contribution in [0.5, 0.6) is 11.5 Å². The fraction of sp³-hybridized carbons (Fsp3) is 0.316. The van der Waals surface area contributed by atoms with Gasteiger partial charge in [0, 0.05) is 17.7 Å². The van der Waals surface area contributed by atoms with Gasteiger partial charge in [0.25, 0.3) is 0 Å². The zero-order valence-electron chi connectivity index (χ0n) is 13.6. The molecule has 118 valence electrons. The van der Waals surface area contributed by atoms with Gasteiger partial charge in [0.05, 0.1) is 20.3 Å². The molecule has 0 radical (unpaired) electrons. The van der Waals surface area contributed by atoms with E-state index in [0.717, 1.165) is 41.0 Å². The maximum atomic E-state index is 13.0. The Morgan fingerprint density at radius 3 is 2.57 bits per heavy atom. The maximum absolute atomic E-state index is 13.0. The number of ether oxygens (including phenoxy) is 2. The quantitative estimate of drug-likeness (QED) is 0.854. The molecular formula is C19H19NO3. The molecule has 2 aromatic rings. The Balaban J connectivity index is 2.14. The average Bonchev–Trinajstić information content (AvgIpc) is 2.59. The number of ketones is 1. The van der Waals surface area contributed by atoms with Crippen LogP contribution in [0.1, 0.15) is 27.5 Å². The third-order valence-electron chi connectivity index (χ3n) is 4.95. The Bertz CT molecular complexity index is 813. The number of hydrogen-bond donors (Lipinski definition) is 0. The molecule has 1 aliphatic carbocycles. The van der Waals surface area contributed by atoms with Crippen molar-refractivity contribution >= 4 is 5.78 Å². The number of Topliss-reactive ketones (excluding diaryl/α,β-unsaturated/α-hetero) is 1. The zero-order chi connectivity index (χ0) is 16.1. The first kappa shape index (κ1) is 14.3. The van der Waals surface area contributed by atoms with Crippen LogP contribution in [0.4, 0.5) is 0 Å². The fourth-order valence-corrected chi connectivity index (χ4v) is 3.89. The summed E-state index contributed by atoms with van der Waals surface area (Å²) in [6.07, 6.45) is 0.908. The van der Waals surface area contributed by atoms with Crippen LogP contribution in [0.2, 0.25) is 0 Å². The van der Waals surface area contributed by atoms with Gasteiger partial charge in [0.2, 0.25) is 0 Å². The number of benzene rings is 2. The lowest BCUT2D eigenvalue weighted by molar-refractivity contribution is 0.0835. The Morgan fingerprint density at radius 1 is 1.13 bits per heavy atom. The lowest BCUT2D eigenvalue weighted by atomic mass is 9.76. The van der Waals surface area contributed by atoms with Crippen LogP contribution in [0, 0.1) is 0 Å². The molecule has 0 spiro atoms. The molecule has 0 saturated carbocycles. The molecule has 1 atom stereocenters. The Kier molecular flexibility index (Phi) is 3.16. The summed E-state index contributed by atoms with van der Waals surface area (Å²) in [6.45, 7) is 0.862. The molecule has 2 aromatic carbocycles. The van der Waals surface area contributed by atoms with E-state index in [9.17, 15) is 4.79 Å². The number of fused-ring (bicyclic) bond motifs is 2. The van der Waals surface area contributed by atoms with E-state index in [1.807, 2.05) is 37.4 Å². The first-order valence-corrected chi connectivity index (χ1v) is 7.79. The van der Waals surface area contributed by atoms with E-state index in [2.05, 4.69) is 4.90 Å². The maximum Gasteiger partial charge on any atom is 0.185 e. The zero-order valence-corrected chi connectivity index (χ0v) is 13.6. The van der Waals surface area contributed by atoms with Gasteiger partial charge in [-0.25, -0.2) is 0 Å². The summed E-state index contributed by atoms with van der Waals surface area (Å²) in [5.41, 5.74) is 4.98. The SMILES string of the molecule is COc1cc2c3c(c1OC)-c1ccccc1C(=O)C3N(C)CC2. The first-order valence-electron chi connectivity index (χ1n) is 7.79. The molecular weight excluding hydrogens is 290 g/mol. The standard InChI is InChI=1S/C19H19NO3/c1-20-9-8-11-10-14(22-2)19(23-3)16-12-6-4-5-7-13(12)18(21)17(20)15(11)16/h4-7,10,17H,8-9H2,1-3H3. The lowest BCUT2D eigenvalue weighted by Crippen LogP contribution is -2.39. The van der Waals surface area contributed by atoms with Crippen LogP contribution in [0.3, 0.4) is 0 Å². The molecule has 2 aliphatic rings. The summed E-state index contributed by atoms with van der Waals surface area (Å²) in [5, 5.41) is 0. The highest BCUT2D eigenvalue weighted by Crippen LogP contribution is 2.51. The van der Waals surface area contributed by atoms with Gasteiger partial charge in [-0.1, -0.05) is 24.3 Å². The number of hydrogen-bond acceptors (Lipinski definition) is 4. The summed E-state index contributed by atoms with van der Waals surface area (Å²) >= 11 is 0. The summed E-state index contributed by atoms with van der Waals surface area (Å²) < 4.78 is 11.2. The summed E-state index contributed by atoms with van der Waals surface area (Å²) in [5.74, 6) is 1.61. The van der Waals surface area contributed by atoms with E-state index < -0.39 is 0 Å². The minimum absolute atomic E-state index is 0.170. The molecule has 0 N–H and O–H groups in total. The third kappa shape index (κ3) is 1.85. The van der Waals surface area contributed by atoms with Gasteiger partial charge in [-0.2, -0.15) is 0 Å². The molecule has 0 bridgehead atoms. The molecule has 4 nitrogen and oxygen atoms in total. The highest BCUT2D eigenvalue weighted by atomic mass is 16.5. The number of methoxy groups -OCH3 is 2. The van der Waals surface area contributed by atoms with Gasteiger partial charge in [0.1, 0.15) is 0 Å². The molecule has 0 amide bonds. The predicted octanol–water partition coefficient (Wildman–Crippen LogP) is 3.10. The van der Waals surface area contributed by atoms with E-state index in [1.54, 1.807) is 14.2 Å². The largest absolute Gasteiger partial charge is 0.493 e. The Labute approximate surface area is 135 Å². The van der Waals surface area contributed by atoms with Crippen molar-refractivity contribution < 1.29 is 14.3 Å². The highest BCUT2D eigenvalue weighted by Gasteiger charge is 2.41. The molecule has 23 heavy (non-hydrogen) atoms. The lowest BCUT2D eigenvalue weighted by Gasteiger charge is -2.39. The number of carbonyl (C=O) groups excluding carboxylic acids is 1. The number of likely N-dealkylation sites (N-methyl/N-ethyl adjacent to an activating group) is 1. The smallest absolute Gasteiger partial charge is 0.185 e. The van der Waals surface area contributed by atoms with Crippen LogP contribution in [0.25, 0.3) is 11.1 Å². The minimum atomic E-state index is -0.233. The van der Waals surface area contributed by atoms with Gasteiger partial charge in [-0.3, -0.25) is 9.69 Å². The number of nitrogens with zero attached hydrogens (tertiary/aromatic N) is 1. The predicted molar refractivity (Wildman–Crippen MR) is 88.4 cm³/mol. The third-order valence-corrected chi connectivity index (χ3v) is 4.95. The fourth-order valence-electron chi connectivity index (χ4n) is 3.89. The molecule has 4 heteroatoms. The molecule has 0 saturated heterocycles. The van der Waals surface area contributed by atoms with Crippen molar-refractivity contribution in [1.29, 1.82) is 0 Å². The molecule has 0 aromatic heterocycles. The summed E-state index contributed by atoms with van der Waals surface area (Å²) in [7, 11) is 5.32. The molecule has 0 fully saturated rings. The molecule has 4 rings (SSSR count). The minimum Gasteiger partial charge on any atom is -0.493 e. The van der Waals surface area contributed by atoms with Crippen LogP contribution in [-0.4, -0.2) is 38.5 Å². The van der Waals surface area contributed by atoms with E-state index in [4.69, 9.17) is 9.47 Å².